The number of carbonyl (C=O) groups is 1. The van der Waals surface area contributed by atoms with Crippen molar-refractivity contribution in [1.29, 1.82) is 0 Å². The van der Waals surface area contributed by atoms with Crippen LogP contribution in [0, 0.1) is 5.92 Å². The van der Waals surface area contributed by atoms with Crippen molar-refractivity contribution in [3.8, 4) is 5.75 Å². The molecule has 1 unspecified atom stereocenters. The van der Waals surface area contributed by atoms with Gasteiger partial charge in [0.1, 0.15) is 5.75 Å². The Morgan fingerprint density at radius 3 is 3.10 bits per heavy atom. The molecule has 1 aromatic carbocycles. The van der Waals surface area contributed by atoms with Crippen LogP contribution in [-0.4, -0.2) is 23.6 Å². The number of halogens is 1. The van der Waals surface area contributed by atoms with Crippen LogP contribution < -0.4 is 15.8 Å². The maximum atomic E-state index is 11.9. The first-order chi connectivity index (χ1) is 9.52. The molecule has 1 aromatic rings. The Labute approximate surface area is 125 Å². The van der Waals surface area contributed by atoms with Gasteiger partial charge < -0.3 is 21.0 Å². The molecule has 108 valence electrons. The van der Waals surface area contributed by atoms with Gasteiger partial charge in [0.05, 0.1) is 12.5 Å². The molecule has 0 radical (unpaired) electrons. The second-order valence-electron chi connectivity index (χ2n) is 4.62. The van der Waals surface area contributed by atoms with Crippen molar-refractivity contribution >= 4 is 27.7 Å². The predicted molar refractivity (Wildman–Crippen MR) is 77.8 cm³/mol. The topological polar surface area (TPSA) is 96.9 Å². The molecule has 0 fully saturated rings. The predicted octanol–water partition coefficient (Wildman–Crippen LogP) is 1.38. The summed E-state index contributed by atoms with van der Waals surface area (Å²) < 4.78 is 6.54. The number of hydrogen-bond donors (Lipinski definition) is 3. The minimum atomic E-state index is -0.680. The standard InChI is InChI=1S/C13H16BrN3O3/c1-7(12(15)17-19)13(18)16-6-9-5-10(14)4-8-2-3-20-11(8)9/h4-5,7,19H,2-3,6H2,1H3,(H2,15,17)(H,16,18). The third-order valence-corrected chi connectivity index (χ3v) is 3.69. The summed E-state index contributed by atoms with van der Waals surface area (Å²) >= 11 is 3.45. The fraction of sp³-hybridized carbons (Fsp3) is 0.385. The second-order valence-corrected chi connectivity index (χ2v) is 5.53. The van der Waals surface area contributed by atoms with Crippen LogP contribution in [0.2, 0.25) is 0 Å². The van der Waals surface area contributed by atoms with E-state index in [4.69, 9.17) is 15.7 Å². The maximum absolute atomic E-state index is 11.9. The minimum Gasteiger partial charge on any atom is -0.493 e. The summed E-state index contributed by atoms with van der Waals surface area (Å²) in [7, 11) is 0. The van der Waals surface area contributed by atoms with Gasteiger partial charge in [-0.2, -0.15) is 0 Å². The number of benzene rings is 1. The lowest BCUT2D eigenvalue weighted by Gasteiger charge is -2.13. The normalized spacial score (nSPS) is 15.4. The molecule has 1 aliphatic heterocycles. The molecule has 0 bridgehead atoms. The number of oxime groups is 1. The summed E-state index contributed by atoms with van der Waals surface area (Å²) in [6.45, 7) is 2.57. The third-order valence-electron chi connectivity index (χ3n) is 3.23. The minimum absolute atomic E-state index is 0.113. The third kappa shape index (κ3) is 3.04. The summed E-state index contributed by atoms with van der Waals surface area (Å²) in [5, 5.41) is 14.2. The van der Waals surface area contributed by atoms with Crippen molar-refractivity contribution in [2.24, 2.45) is 16.8 Å². The molecule has 7 heteroatoms. The highest BCUT2D eigenvalue weighted by Crippen LogP contribution is 2.32. The summed E-state index contributed by atoms with van der Waals surface area (Å²) in [5.41, 5.74) is 7.45. The number of nitrogens with one attached hydrogen (secondary N) is 1. The summed E-state index contributed by atoms with van der Waals surface area (Å²) in [4.78, 5) is 11.9. The van der Waals surface area contributed by atoms with Gasteiger partial charge >= 0.3 is 0 Å². The zero-order valence-corrected chi connectivity index (χ0v) is 12.6. The zero-order chi connectivity index (χ0) is 14.7. The molecule has 1 atom stereocenters. The fourth-order valence-electron chi connectivity index (χ4n) is 2.03. The van der Waals surface area contributed by atoms with E-state index >= 15 is 0 Å². The summed E-state index contributed by atoms with van der Waals surface area (Å²) in [6.07, 6.45) is 0.871. The van der Waals surface area contributed by atoms with E-state index in [9.17, 15) is 4.79 Å². The Morgan fingerprint density at radius 2 is 2.40 bits per heavy atom. The zero-order valence-electron chi connectivity index (χ0n) is 11.0. The molecule has 0 spiro atoms. The Hall–Kier alpha value is -1.76. The molecule has 1 heterocycles. The van der Waals surface area contributed by atoms with Crippen molar-refractivity contribution in [3.05, 3.63) is 27.7 Å². The molecule has 0 aromatic heterocycles. The van der Waals surface area contributed by atoms with Gasteiger partial charge in [-0.05, 0) is 24.6 Å². The van der Waals surface area contributed by atoms with Crippen LogP contribution in [0.15, 0.2) is 21.8 Å². The average molecular weight is 342 g/mol. The fourth-order valence-corrected chi connectivity index (χ4v) is 2.59. The van der Waals surface area contributed by atoms with Crippen LogP contribution in [0.5, 0.6) is 5.75 Å². The molecule has 20 heavy (non-hydrogen) atoms. The van der Waals surface area contributed by atoms with Crippen LogP contribution in [0.25, 0.3) is 0 Å². The van der Waals surface area contributed by atoms with E-state index in [1.807, 2.05) is 12.1 Å². The Bertz CT molecular complexity index is 560. The first-order valence-corrected chi connectivity index (χ1v) is 7.01. The summed E-state index contributed by atoms with van der Waals surface area (Å²) in [6, 6.07) is 3.94. The van der Waals surface area contributed by atoms with Crippen LogP contribution in [0.3, 0.4) is 0 Å². The first kappa shape index (κ1) is 14.6. The van der Waals surface area contributed by atoms with E-state index in [0.29, 0.717) is 13.2 Å². The van der Waals surface area contributed by atoms with Gasteiger partial charge in [0, 0.05) is 23.0 Å². The van der Waals surface area contributed by atoms with Gasteiger partial charge in [-0.25, -0.2) is 0 Å². The molecular formula is C13H16BrN3O3. The van der Waals surface area contributed by atoms with Crippen LogP contribution >= 0.6 is 15.9 Å². The van der Waals surface area contributed by atoms with Crippen molar-refractivity contribution in [3.63, 3.8) is 0 Å². The van der Waals surface area contributed by atoms with Crippen molar-refractivity contribution in [1.82, 2.24) is 5.32 Å². The molecule has 0 saturated carbocycles. The number of nitrogens with two attached hydrogens (primary N) is 1. The highest BCUT2D eigenvalue weighted by Gasteiger charge is 2.20. The van der Waals surface area contributed by atoms with E-state index in [0.717, 1.165) is 27.8 Å². The van der Waals surface area contributed by atoms with Crippen LogP contribution in [-0.2, 0) is 17.8 Å². The molecule has 2 rings (SSSR count). The van der Waals surface area contributed by atoms with Crippen molar-refractivity contribution < 1.29 is 14.7 Å². The van der Waals surface area contributed by atoms with Gasteiger partial charge in [0.15, 0.2) is 5.84 Å². The molecule has 0 aliphatic carbocycles. The SMILES string of the molecule is CC(C(=O)NCc1cc(Br)cc2c1OCC2)/C(N)=N/O. The Balaban J connectivity index is 2.07. The molecule has 1 aliphatic rings. The van der Waals surface area contributed by atoms with Crippen LogP contribution in [0.4, 0.5) is 0 Å². The summed E-state index contributed by atoms with van der Waals surface area (Å²) in [5.74, 6) is -0.253. The smallest absolute Gasteiger partial charge is 0.230 e. The lowest BCUT2D eigenvalue weighted by molar-refractivity contribution is -0.122. The van der Waals surface area contributed by atoms with Crippen molar-refractivity contribution in [2.75, 3.05) is 6.61 Å². The van der Waals surface area contributed by atoms with E-state index in [-0.39, 0.29) is 11.7 Å². The number of nitrogens with zero attached hydrogens (tertiary/aromatic N) is 1. The maximum Gasteiger partial charge on any atom is 0.230 e. The highest BCUT2D eigenvalue weighted by atomic mass is 79.9. The van der Waals surface area contributed by atoms with Gasteiger partial charge in [0.2, 0.25) is 5.91 Å². The monoisotopic (exact) mass is 341 g/mol. The van der Waals surface area contributed by atoms with Gasteiger partial charge in [0.25, 0.3) is 0 Å². The van der Waals surface area contributed by atoms with E-state index in [1.54, 1.807) is 6.92 Å². The highest BCUT2D eigenvalue weighted by molar-refractivity contribution is 9.10. The number of ether oxygens (including phenoxy) is 1. The molecule has 6 nitrogen and oxygen atoms in total. The molecule has 0 saturated heterocycles. The lowest BCUT2D eigenvalue weighted by Crippen LogP contribution is -2.36. The molecular weight excluding hydrogens is 326 g/mol. The number of hydrogen-bond acceptors (Lipinski definition) is 4. The largest absolute Gasteiger partial charge is 0.493 e. The number of carbonyl (C=O) groups excluding carboxylic acids is 1. The van der Waals surface area contributed by atoms with E-state index in [2.05, 4.69) is 26.4 Å². The number of fused-ring (bicyclic) bond motifs is 1. The van der Waals surface area contributed by atoms with Gasteiger partial charge in [-0.3, -0.25) is 4.79 Å². The Morgan fingerprint density at radius 1 is 1.65 bits per heavy atom. The van der Waals surface area contributed by atoms with Crippen molar-refractivity contribution in [2.45, 2.75) is 19.9 Å². The lowest BCUT2D eigenvalue weighted by atomic mass is 10.1. The second kappa shape index (κ2) is 6.13. The Kier molecular flexibility index (Phi) is 4.49. The van der Waals surface area contributed by atoms with E-state index in [1.165, 1.54) is 0 Å². The van der Waals surface area contributed by atoms with Gasteiger partial charge in [-0.1, -0.05) is 21.1 Å². The first-order valence-electron chi connectivity index (χ1n) is 6.22. The molecule has 4 N–H and O–H groups in total. The number of amidine groups is 1. The quantitative estimate of drug-likeness (QED) is 0.333. The van der Waals surface area contributed by atoms with Gasteiger partial charge in [-0.15, -0.1) is 0 Å². The van der Waals surface area contributed by atoms with E-state index < -0.39 is 5.92 Å². The van der Waals surface area contributed by atoms with Crippen LogP contribution in [0.1, 0.15) is 18.1 Å². The molecule has 1 amide bonds. The average Bonchev–Trinajstić information content (AvgIpc) is 2.90. The number of rotatable bonds is 4. The number of amides is 1.